The van der Waals surface area contributed by atoms with E-state index in [9.17, 15) is 0 Å². The Kier molecular flexibility index (Phi) is 4.04. The van der Waals surface area contributed by atoms with Crippen molar-refractivity contribution in [2.75, 3.05) is 7.05 Å². The molecule has 1 atom stereocenters. The lowest BCUT2D eigenvalue weighted by Crippen LogP contribution is -2.12. The van der Waals surface area contributed by atoms with Gasteiger partial charge in [-0.1, -0.05) is 23.7 Å². The van der Waals surface area contributed by atoms with Crippen LogP contribution in [0.2, 0.25) is 5.02 Å². The molecule has 4 heteroatoms. The molecule has 0 saturated heterocycles. The maximum Gasteiger partial charge on any atom is 0.0568 e. The molecular weight excluding hydrogens is 246 g/mol. The highest BCUT2D eigenvalue weighted by atomic mass is 35.5. The summed E-state index contributed by atoms with van der Waals surface area (Å²) < 4.78 is 1.91. The Morgan fingerprint density at radius 3 is 2.72 bits per heavy atom. The molecule has 0 aliphatic carbocycles. The summed E-state index contributed by atoms with van der Waals surface area (Å²) in [4.78, 5) is 0. The largest absolute Gasteiger partial charge is 0.313 e. The summed E-state index contributed by atoms with van der Waals surface area (Å²) in [7, 11) is 1.93. The van der Waals surface area contributed by atoms with Crippen LogP contribution < -0.4 is 5.32 Å². The molecule has 3 nitrogen and oxygen atoms in total. The molecule has 1 aromatic carbocycles. The van der Waals surface area contributed by atoms with Gasteiger partial charge >= 0.3 is 0 Å². The SMILES string of the molecule is CCn1cc(-c2ccc(C(C)NC)c(Cl)c2)cn1. The average molecular weight is 264 g/mol. The Hall–Kier alpha value is -1.32. The highest BCUT2D eigenvalue weighted by molar-refractivity contribution is 6.31. The van der Waals surface area contributed by atoms with Gasteiger partial charge in [0.05, 0.1) is 6.20 Å². The van der Waals surface area contributed by atoms with Crippen molar-refractivity contribution in [2.24, 2.45) is 0 Å². The summed E-state index contributed by atoms with van der Waals surface area (Å²) in [6.45, 7) is 5.04. The molecule has 2 aromatic rings. The first-order valence-electron chi connectivity index (χ1n) is 6.15. The van der Waals surface area contributed by atoms with E-state index in [0.717, 1.165) is 28.3 Å². The Balaban J connectivity index is 2.33. The topological polar surface area (TPSA) is 29.9 Å². The van der Waals surface area contributed by atoms with Crippen molar-refractivity contribution in [2.45, 2.75) is 26.4 Å². The van der Waals surface area contributed by atoms with Gasteiger partial charge in [-0.05, 0) is 38.1 Å². The summed E-state index contributed by atoms with van der Waals surface area (Å²) in [5.41, 5.74) is 3.32. The lowest BCUT2D eigenvalue weighted by atomic mass is 10.0. The molecule has 0 aliphatic heterocycles. The lowest BCUT2D eigenvalue weighted by molar-refractivity contribution is 0.652. The van der Waals surface area contributed by atoms with Crippen LogP contribution in [0.5, 0.6) is 0 Å². The summed E-state index contributed by atoms with van der Waals surface area (Å²) >= 11 is 6.33. The number of hydrogen-bond acceptors (Lipinski definition) is 2. The molecule has 0 spiro atoms. The summed E-state index contributed by atoms with van der Waals surface area (Å²) in [5.74, 6) is 0. The van der Waals surface area contributed by atoms with Crippen molar-refractivity contribution < 1.29 is 0 Å². The minimum atomic E-state index is 0.255. The zero-order valence-electron chi connectivity index (χ0n) is 10.9. The van der Waals surface area contributed by atoms with E-state index in [0.29, 0.717) is 0 Å². The summed E-state index contributed by atoms with van der Waals surface area (Å²) in [6.07, 6.45) is 3.91. The highest BCUT2D eigenvalue weighted by Crippen LogP contribution is 2.28. The molecule has 1 N–H and O–H groups in total. The van der Waals surface area contributed by atoms with Crippen molar-refractivity contribution in [1.29, 1.82) is 0 Å². The second-order valence-electron chi connectivity index (χ2n) is 4.33. The maximum absolute atomic E-state index is 6.33. The van der Waals surface area contributed by atoms with Gasteiger partial charge in [0.2, 0.25) is 0 Å². The monoisotopic (exact) mass is 263 g/mol. The van der Waals surface area contributed by atoms with Gasteiger partial charge in [0, 0.05) is 29.4 Å². The Labute approximate surface area is 113 Å². The van der Waals surface area contributed by atoms with Gasteiger partial charge < -0.3 is 5.32 Å². The predicted octanol–water partition coefficient (Wildman–Crippen LogP) is 3.50. The Morgan fingerprint density at radius 1 is 1.39 bits per heavy atom. The van der Waals surface area contributed by atoms with Crippen LogP contribution in [0.1, 0.15) is 25.5 Å². The van der Waals surface area contributed by atoms with E-state index in [-0.39, 0.29) is 6.04 Å². The molecular formula is C14H18ClN3. The van der Waals surface area contributed by atoms with E-state index >= 15 is 0 Å². The molecule has 0 amide bonds. The molecule has 2 rings (SSSR count). The van der Waals surface area contributed by atoms with Crippen molar-refractivity contribution in [3.8, 4) is 11.1 Å². The number of rotatable bonds is 4. The number of aryl methyl sites for hydroxylation is 1. The number of benzene rings is 1. The van der Waals surface area contributed by atoms with Crippen LogP contribution in [0.25, 0.3) is 11.1 Å². The van der Waals surface area contributed by atoms with E-state index < -0.39 is 0 Å². The molecule has 0 aliphatic rings. The third-order valence-electron chi connectivity index (χ3n) is 3.19. The Bertz CT molecular complexity index is 534. The zero-order valence-corrected chi connectivity index (χ0v) is 11.7. The van der Waals surface area contributed by atoms with Gasteiger partial charge in [-0.2, -0.15) is 5.10 Å². The molecule has 96 valence electrons. The number of halogens is 1. The number of nitrogens with one attached hydrogen (secondary N) is 1. The highest BCUT2D eigenvalue weighted by Gasteiger charge is 2.09. The smallest absolute Gasteiger partial charge is 0.0568 e. The van der Waals surface area contributed by atoms with Gasteiger partial charge in [-0.3, -0.25) is 4.68 Å². The van der Waals surface area contributed by atoms with Crippen molar-refractivity contribution in [3.63, 3.8) is 0 Å². The molecule has 0 radical (unpaired) electrons. The fourth-order valence-corrected chi connectivity index (χ4v) is 2.24. The molecule has 1 heterocycles. The third kappa shape index (κ3) is 2.57. The van der Waals surface area contributed by atoms with E-state index in [1.165, 1.54) is 0 Å². The van der Waals surface area contributed by atoms with Crippen LogP contribution in [0.4, 0.5) is 0 Å². The van der Waals surface area contributed by atoms with Crippen molar-refractivity contribution in [1.82, 2.24) is 15.1 Å². The average Bonchev–Trinajstić information content (AvgIpc) is 2.86. The fourth-order valence-electron chi connectivity index (χ4n) is 1.90. The second-order valence-corrected chi connectivity index (χ2v) is 4.74. The van der Waals surface area contributed by atoms with Gasteiger partial charge in [-0.25, -0.2) is 0 Å². The summed E-state index contributed by atoms with van der Waals surface area (Å²) in [6, 6.07) is 6.42. The van der Waals surface area contributed by atoms with Crippen LogP contribution in [-0.4, -0.2) is 16.8 Å². The summed E-state index contributed by atoms with van der Waals surface area (Å²) in [5, 5.41) is 8.26. The quantitative estimate of drug-likeness (QED) is 0.915. The number of nitrogens with zero attached hydrogens (tertiary/aromatic N) is 2. The van der Waals surface area contributed by atoms with Crippen molar-refractivity contribution in [3.05, 3.63) is 41.2 Å². The van der Waals surface area contributed by atoms with Crippen LogP contribution >= 0.6 is 11.6 Å². The molecule has 1 aromatic heterocycles. The lowest BCUT2D eigenvalue weighted by Gasteiger charge is -2.13. The molecule has 0 bridgehead atoms. The first kappa shape index (κ1) is 13.1. The number of aromatic nitrogens is 2. The minimum absolute atomic E-state index is 0.255. The second kappa shape index (κ2) is 5.55. The molecule has 0 saturated carbocycles. The zero-order chi connectivity index (χ0) is 13.1. The predicted molar refractivity (Wildman–Crippen MR) is 75.8 cm³/mol. The molecule has 0 fully saturated rings. The third-order valence-corrected chi connectivity index (χ3v) is 3.52. The minimum Gasteiger partial charge on any atom is -0.313 e. The number of hydrogen-bond donors (Lipinski definition) is 1. The van der Waals surface area contributed by atoms with E-state index in [1.54, 1.807) is 0 Å². The van der Waals surface area contributed by atoms with E-state index in [4.69, 9.17) is 11.6 Å². The van der Waals surface area contributed by atoms with Crippen LogP contribution in [-0.2, 0) is 6.54 Å². The van der Waals surface area contributed by atoms with Gasteiger partial charge in [0.15, 0.2) is 0 Å². The van der Waals surface area contributed by atoms with Crippen LogP contribution in [0.15, 0.2) is 30.6 Å². The van der Waals surface area contributed by atoms with Gasteiger partial charge in [-0.15, -0.1) is 0 Å². The van der Waals surface area contributed by atoms with Crippen molar-refractivity contribution >= 4 is 11.6 Å². The van der Waals surface area contributed by atoms with E-state index in [1.807, 2.05) is 30.2 Å². The van der Waals surface area contributed by atoms with E-state index in [2.05, 4.69) is 36.4 Å². The fraction of sp³-hybridized carbons (Fsp3) is 0.357. The Morgan fingerprint density at radius 2 is 2.17 bits per heavy atom. The molecule has 18 heavy (non-hydrogen) atoms. The maximum atomic E-state index is 6.33. The first-order chi connectivity index (χ1) is 8.65. The van der Waals surface area contributed by atoms with Gasteiger partial charge in [0.1, 0.15) is 0 Å². The van der Waals surface area contributed by atoms with Gasteiger partial charge in [0.25, 0.3) is 0 Å². The van der Waals surface area contributed by atoms with Crippen LogP contribution in [0.3, 0.4) is 0 Å². The first-order valence-corrected chi connectivity index (χ1v) is 6.53. The van der Waals surface area contributed by atoms with Crippen LogP contribution in [0, 0.1) is 0 Å². The normalized spacial score (nSPS) is 12.7. The standard InChI is InChI=1S/C14H18ClN3/c1-4-18-9-12(8-17-18)11-5-6-13(10(2)16-3)14(15)7-11/h5-10,16H,4H2,1-3H3. The molecule has 1 unspecified atom stereocenters.